The van der Waals surface area contributed by atoms with Crippen molar-refractivity contribution in [1.82, 2.24) is 9.55 Å². The summed E-state index contributed by atoms with van der Waals surface area (Å²) in [6, 6.07) is 12.3. The van der Waals surface area contributed by atoms with Crippen LogP contribution in [0, 0.1) is 6.92 Å². The fourth-order valence-corrected chi connectivity index (χ4v) is 3.71. The third kappa shape index (κ3) is 3.29. The summed E-state index contributed by atoms with van der Waals surface area (Å²) >= 11 is 0. The largest absolute Gasteiger partial charge is 0.326 e. The molecule has 0 aliphatic heterocycles. The van der Waals surface area contributed by atoms with Crippen LogP contribution in [0.1, 0.15) is 11.1 Å². The fourth-order valence-electron chi connectivity index (χ4n) is 2.54. The van der Waals surface area contributed by atoms with Gasteiger partial charge in [0.25, 0.3) is 0 Å². The molecular weight excluding hydrogens is 314 g/mol. The van der Waals surface area contributed by atoms with Gasteiger partial charge in [-0.3, -0.25) is 9.29 Å². The third-order valence-corrected chi connectivity index (χ3v) is 4.88. The highest BCUT2D eigenvalue weighted by Crippen LogP contribution is 2.18. The van der Waals surface area contributed by atoms with Crippen LogP contribution in [0.4, 0.5) is 5.69 Å². The van der Waals surface area contributed by atoms with Gasteiger partial charge >= 0.3 is 5.69 Å². The Morgan fingerprint density at radius 1 is 1.17 bits per heavy atom. The lowest BCUT2D eigenvalue weighted by atomic mass is 10.2. The second-order valence-electron chi connectivity index (χ2n) is 5.57. The van der Waals surface area contributed by atoms with Gasteiger partial charge in [-0.1, -0.05) is 29.8 Å². The second kappa shape index (κ2) is 5.58. The summed E-state index contributed by atoms with van der Waals surface area (Å²) in [5.41, 5.74) is 3.24. The maximum atomic E-state index is 12.3. The lowest BCUT2D eigenvalue weighted by molar-refractivity contribution is 0.600. The van der Waals surface area contributed by atoms with Crippen molar-refractivity contribution in [3.05, 3.63) is 64.1 Å². The molecular formula is C16H17N3O3S. The molecule has 7 heteroatoms. The van der Waals surface area contributed by atoms with E-state index in [4.69, 9.17) is 0 Å². The van der Waals surface area contributed by atoms with E-state index in [1.807, 2.05) is 25.1 Å². The van der Waals surface area contributed by atoms with E-state index >= 15 is 0 Å². The maximum Gasteiger partial charge on any atom is 0.326 e. The van der Waals surface area contributed by atoms with Gasteiger partial charge in [0.2, 0.25) is 10.0 Å². The summed E-state index contributed by atoms with van der Waals surface area (Å²) < 4.78 is 28.6. The SMILES string of the molecule is Cc1cccc(CS(=O)(=O)Nc2ccc3c(c2)[nH]c(=O)n3C)c1. The highest BCUT2D eigenvalue weighted by molar-refractivity contribution is 7.91. The van der Waals surface area contributed by atoms with Gasteiger partial charge in [-0.25, -0.2) is 13.2 Å². The number of hydrogen-bond acceptors (Lipinski definition) is 3. The lowest BCUT2D eigenvalue weighted by Crippen LogP contribution is -2.15. The summed E-state index contributed by atoms with van der Waals surface area (Å²) in [6.07, 6.45) is 0. The van der Waals surface area contributed by atoms with Crippen molar-refractivity contribution in [1.29, 1.82) is 0 Å². The minimum atomic E-state index is -3.53. The number of imidazole rings is 1. The minimum absolute atomic E-state index is 0.0992. The molecule has 0 unspecified atom stereocenters. The molecule has 120 valence electrons. The molecule has 3 rings (SSSR count). The number of nitrogens with one attached hydrogen (secondary N) is 2. The van der Waals surface area contributed by atoms with Crippen LogP contribution in [-0.2, 0) is 22.8 Å². The first-order valence-corrected chi connectivity index (χ1v) is 8.74. The van der Waals surface area contributed by atoms with Gasteiger partial charge in [0.05, 0.1) is 22.5 Å². The van der Waals surface area contributed by atoms with Crippen LogP contribution in [-0.4, -0.2) is 18.0 Å². The molecule has 6 nitrogen and oxygen atoms in total. The van der Waals surface area contributed by atoms with E-state index in [2.05, 4.69) is 9.71 Å². The standard InChI is InChI=1S/C16H17N3O3S/c1-11-4-3-5-12(8-11)10-23(21,22)18-13-6-7-15-14(9-13)17-16(20)19(15)2/h3-9,18H,10H2,1-2H3,(H,17,20). The van der Waals surface area contributed by atoms with E-state index < -0.39 is 10.0 Å². The van der Waals surface area contributed by atoms with Crippen LogP contribution in [0.3, 0.4) is 0 Å². The number of benzene rings is 2. The molecule has 1 aromatic heterocycles. The van der Waals surface area contributed by atoms with Gasteiger partial charge in [0.15, 0.2) is 0 Å². The number of sulfonamides is 1. The molecule has 0 atom stereocenters. The molecule has 0 bridgehead atoms. The van der Waals surface area contributed by atoms with E-state index in [1.165, 1.54) is 4.57 Å². The molecule has 0 fully saturated rings. The summed E-state index contributed by atoms with van der Waals surface area (Å²) in [4.78, 5) is 14.3. The van der Waals surface area contributed by atoms with Crippen LogP contribution < -0.4 is 10.4 Å². The molecule has 0 spiro atoms. The number of rotatable bonds is 4. The van der Waals surface area contributed by atoms with E-state index in [0.29, 0.717) is 11.2 Å². The Hall–Kier alpha value is -2.54. The van der Waals surface area contributed by atoms with E-state index in [-0.39, 0.29) is 11.4 Å². The quantitative estimate of drug-likeness (QED) is 0.768. The van der Waals surface area contributed by atoms with E-state index in [9.17, 15) is 13.2 Å². The number of aryl methyl sites for hydroxylation is 2. The van der Waals surface area contributed by atoms with Crippen LogP contribution in [0.5, 0.6) is 0 Å². The molecule has 0 aliphatic rings. The molecule has 0 saturated heterocycles. The first-order valence-electron chi connectivity index (χ1n) is 7.09. The fraction of sp³-hybridized carbons (Fsp3) is 0.188. The smallest absolute Gasteiger partial charge is 0.305 e. The van der Waals surface area contributed by atoms with Crippen molar-refractivity contribution >= 4 is 26.7 Å². The van der Waals surface area contributed by atoms with Gasteiger partial charge in [0, 0.05) is 7.05 Å². The molecule has 23 heavy (non-hydrogen) atoms. The lowest BCUT2D eigenvalue weighted by Gasteiger charge is -2.09. The van der Waals surface area contributed by atoms with Crippen molar-refractivity contribution in [2.75, 3.05) is 4.72 Å². The summed E-state index contributed by atoms with van der Waals surface area (Å²) in [5.74, 6) is -0.0992. The second-order valence-corrected chi connectivity index (χ2v) is 7.29. The number of anilines is 1. The first kappa shape index (κ1) is 15.4. The third-order valence-electron chi connectivity index (χ3n) is 3.62. The Labute approximate surface area is 133 Å². The van der Waals surface area contributed by atoms with Gasteiger partial charge < -0.3 is 4.98 Å². The average Bonchev–Trinajstić information content (AvgIpc) is 2.72. The van der Waals surface area contributed by atoms with Gasteiger partial charge in [0.1, 0.15) is 0 Å². The van der Waals surface area contributed by atoms with Crippen molar-refractivity contribution in [3.8, 4) is 0 Å². The number of H-pyrrole nitrogens is 1. The minimum Gasteiger partial charge on any atom is -0.305 e. The predicted octanol–water partition coefficient (Wildman–Crippen LogP) is 2.12. The van der Waals surface area contributed by atoms with Gasteiger partial charge in [-0.2, -0.15) is 0 Å². The van der Waals surface area contributed by atoms with Crippen LogP contribution in [0.2, 0.25) is 0 Å². The summed E-state index contributed by atoms with van der Waals surface area (Å²) in [5, 5.41) is 0. The zero-order valence-corrected chi connectivity index (χ0v) is 13.6. The number of aromatic nitrogens is 2. The average molecular weight is 331 g/mol. The maximum absolute atomic E-state index is 12.3. The zero-order chi connectivity index (χ0) is 16.6. The van der Waals surface area contributed by atoms with E-state index in [1.54, 1.807) is 31.3 Å². The van der Waals surface area contributed by atoms with Crippen LogP contribution >= 0.6 is 0 Å². The first-order chi connectivity index (χ1) is 10.8. The Kier molecular flexibility index (Phi) is 3.73. The van der Waals surface area contributed by atoms with Gasteiger partial charge in [-0.05, 0) is 30.7 Å². The Balaban J connectivity index is 1.86. The Morgan fingerprint density at radius 2 is 1.96 bits per heavy atom. The molecule has 2 aromatic carbocycles. The number of nitrogens with zero attached hydrogens (tertiary/aromatic N) is 1. The van der Waals surface area contributed by atoms with Crippen LogP contribution in [0.25, 0.3) is 11.0 Å². The van der Waals surface area contributed by atoms with Crippen molar-refractivity contribution in [2.24, 2.45) is 7.05 Å². The molecule has 0 amide bonds. The topological polar surface area (TPSA) is 84.0 Å². The molecule has 3 aromatic rings. The van der Waals surface area contributed by atoms with Gasteiger partial charge in [-0.15, -0.1) is 0 Å². The summed E-state index contributed by atoms with van der Waals surface area (Å²) in [6.45, 7) is 1.92. The molecule has 0 aliphatic carbocycles. The normalized spacial score (nSPS) is 11.7. The number of fused-ring (bicyclic) bond motifs is 1. The van der Waals surface area contributed by atoms with Crippen molar-refractivity contribution < 1.29 is 8.42 Å². The molecule has 1 heterocycles. The number of hydrogen-bond donors (Lipinski definition) is 2. The number of aromatic amines is 1. The van der Waals surface area contributed by atoms with Crippen LogP contribution in [0.15, 0.2) is 47.3 Å². The van der Waals surface area contributed by atoms with Crippen molar-refractivity contribution in [3.63, 3.8) is 0 Å². The highest BCUT2D eigenvalue weighted by Gasteiger charge is 2.13. The Morgan fingerprint density at radius 3 is 2.70 bits per heavy atom. The highest BCUT2D eigenvalue weighted by atomic mass is 32.2. The summed E-state index contributed by atoms with van der Waals surface area (Å²) in [7, 11) is -1.87. The van der Waals surface area contributed by atoms with Crippen molar-refractivity contribution in [2.45, 2.75) is 12.7 Å². The predicted molar refractivity (Wildman–Crippen MR) is 91.0 cm³/mol. The zero-order valence-electron chi connectivity index (χ0n) is 12.8. The monoisotopic (exact) mass is 331 g/mol. The Bertz CT molecular complexity index is 1030. The molecule has 2 N–H and O–H groups in total. The van der Waals surface area contributed by atoms with E-state index in [0.717, 1.165) is 16.6 Å². The molecule has 0 radical (unpaired) electrons. The molecule has 0 saturated carbocycles.